The Bertz CT molecular complexity index is 757. The summed E-state index contributed by atoms with van der Waals surface area (Å²) in [5, 5.41) is 10.6. The van der Waals surface area contributed by atoms with Crippen molar-refractivity contribution in [1.82, 2.24) is 0 Å². The maximum atomic E-state index is 12.5. The smallest absolute Gasteiger partial charge is 0.269 e. The van der Waals surface area contributed by atoms with Crippen molar-refractivity contribution in [2.75, 3.05) is 13.2 Å². The van der Waals surface area contributed by atoms with Crippen molar-refractivity contribution in [3.05, 3.63) is 62.1 Å². The molecule has 0 bridgehead atoms. The van der Waals surface area contributed by atoms with Gasteiger partial charge in [0.15, 0.2) is 17.3 Å². The van der Waals surface area contributed by atoms with E-state index in [1.54, 1.807) is 12.1 Å². The van der Waals surface area contributed by atoms with Crippen LogP contribution in [0.15, 0.2) is 40.9 Å². The van der Waals surface area contributed by atoms with E-state index >= 15 is 0 Å². The van der Waals surface area contributed by atoms with Gasteiger partial charge in [0.2, 0.25) is 0 Å². The molecule has 1 heterocycles. The van der Waals surface area contributed by atoms with Crippen LogP contribution in [0.1, 0.15) is 15.9 Å². The van der Waals surface area contributed by atoms with Gasteiger partial charge in [-0.05, 0) is 40.2 Å². The number of benzene rings is 2. The molecule has 1 aliphatic rings. The number of carbonyl (C=O) groups is 1. The molecule has 2 aromatic carbocycles. The van der Waals surface area contributed by atoms with Crippen LogP contribution in [0.25, 0.3) is 0 Å². The molecular weight excluding hydrogens is 354 g/mol. The van der Waals surface area contributed by atoms with Crippen molar-refractivity contribution in [3.63, 3.8) is 0 Å². The van der Waals surface area contributed by atoms with Gasteiger partial charge in [0.05, 0.1) is 4.92 Å². The van der Waals surface area contributed by atoms with Gasteiger partial charge in [-0.3, -0.25) is 14.9 Å². The number of non-ortho nitro benzene ring substituents is 1. The van der Waals surface area contributed by atoms with Crippen molar-refractivity contribution in [2.24, 2.45) is 0 Å². The van der Waals surface area contributed by atoms with Crippen molar-refractivity contribution < 1.29 is 19.2 Å². The molecule has 0 spiro atoms. The van der Waals surface area contributed by atoms with Gasteiger partial charge in [0.25, 0.3) is 5.69 Å². The van der Waals surface area contributed by atoms with E-state index in [1.807, 2.05) is 0 Å². The number of hydrogen-bond acceptors (Lipinski definition) is 5. The highest BCUT2D eigenvalue weighted by Gasteiger charge is 2.20. The number of ketones is 1. The fourth-order valence-corrected chi connectivity index (χ4v) is 2.63. The zero-order chi connectivity index (χ0) is 15.7. The Morgan fingerprint density at radius 3 is 2.27 bits per heavy atom. The summed E-state index contributed by atoms with van der Waals surface area (Å²) < 4.78 is 11.5. The van der Waals surface area contributed by atoms with Crippen LogP contribution in [0, 0.1) is 10.1 Å². The van der Waals surface area contributed by atoms with Gasteiger partial charge >= 0.3 is 0 Å². The van der Waals surface area contributed by atoms with Crippen molar-refractivity contribution in [2.45, 2.75) is 0 Å². The van der Waals surface area contributed by atoms with Crippen LogP contribution >= 0.6 is 15.9 Å². The number of nitro groups is 1. The van der Waals surface area contributed by atoms with E-state index in [0.29, 0.717) is 40.3 Å². The first-order valence-electron chi connectivity index (χ1n) is 6.44. The van der Waals surface area contributed by atoms with Crippen LogP contribution in [-0.2, 0) is 0 Å². The highest BCUT2D eigenvalue weighted by atomic mass is 79.9. The molecule has 0 radical (unpaired) electrons. The monoisotopic (exact) mass is 363 g/mol. The Morgan fingerprint density at radius 2 is 1.68 bits per heavy atom. The van der Waals surface area contributed by atoms with Gasteiger partial charge in [-0.2, -0.15) is 0 Å². The predicted molar refractivity (Wildman–Crippen MR) is 81.7 cm³/mol. The fraction of sp³-hybridized carbons (Fsp3) is 0.133. The number of nitro benzene ring substituents is 1. The van der Waals surface area contributed by atoms with Crippen LogP contribution in [0.5, 0.6) is 11.5 Å². The summed E-state index contributed by atoms with van der Waals surface area (Å²) in [6, 6.07) is 8.78. The van der Waals surface area contributed by atoms with Gasteiger partial charge in [0.1, 0.15) is 13.2 Å². The Hall–Kier alpha value is -2.41. The zero-order valence-electron chi connectivity index (χ0n) is 11.2. The quantitative estimate of drug-likeness (QED) is 0.474. The summed E-state index contributed by atoms with van der Waals surface area (Å²) in [7, 11) is 0. The molecule has 2 aromatic rings. The molecule has 0 saturated heterocycles. The molecule has 112 valence electrons. The molecule has 1 aliphatic heterocycles. The normalized spacial score (nSPS) is 12.8. The SMILES string of the molecule is O=C(c1ccc([N+](=O)[O-])cc1)c1cc2c(cc1Br)OCCO2. The number of hydrogen-bond donors (Lipinski definition) is 0. The van der Waals surface area contributed by atoms with E-state index in [4.69, 9.17) is 9.47 Å². The molecular formula is C15H10BrNO5. The van der Waals surface area contributed by atoms with Gasteiger partial charge in [-0.25, -0.2) is 0 Å². The molecule has 22 heavy (non-hydrogen) atoms. The second-order valence-electron chi connectivity index (χ2n) is 4.61. The molecule has 0 N–H and O–H groups in total. The lowest BCUT2D eigenvalue weighted by atomic mass is 10.0. The molecule has 6 nitrogen and oxygen atoms in total. The minimum atomic E-state index is -0.506. The van der Waals surface area contributed by atoms with Crippen LogP contribution in [-0.4, -0.2) is 23.9 Å². The lowest BCUT2D eigenvalue weighted by Gasteiger charge is -2.19. The lowest BCUT2D eigenvalue weighted by Crippen LogP contribution is -2.16. The highest BCUT2D eigenvalue weighted by molar-refractivity contribution is 9.10. The number of rotatable bonds is 3. The topological polar surface area (TPSA) is 78.7 Å². The maximum absolute atomic E-state index is 12.5. The summed E-state index contributed by atoms with van der Waals surface area (Å²) in [5.41, 5.74) is 0.721. The molecule has 0 fully saturated rings. The first-order chi connectivity index (χ1) is 10.6. The predicted octanol–water partition coefficient (Wildman–Crippen LogP) is 3.36. The first kappa shape index (κ1) is 14.5. The molecule has 0 unspecified atom stereocenters. The van der Waals surface area contributed by atoms with Crippen LogP contribution in [0.4, 0.5) is 5.69 Å². The number of halogens is 1. The average Bonchev–Trinajstić information content (AvgIpc) is 2.53. The number of carbonyl (C=O) groups excluding carboxylic acids is 1. The Kier molecular flexibility index (Phi) is 3.81. The third-order valence-corrected chi connectivity index (χ3v) is 3.87. The second kappa shape index (κ2) is 5.76. The summed E-state index contributed by atoms with van der Waals surface area (Å²) in [5.74, 6) is 0.844. The summed E-state index contributed by atoms with van der Waals surface area (Å²) >= 11 is 3.35. The molecule has 0 amide bonds. The molecule has 7 heteroatoms. The third-order valence-electron chi connectivity index (χ3n) is 3.22. The van der Waals surface area contributed by atoms with Gasteiger partial charge in [0, 0.05) is 27.7 Å². The van der Waals surface area contributed by atoms with Gasteiger partial charge in [-0.15, -0.1) is 0 Å². The highest BCUT2D eigenvalue weighted by Crippen LogP contribution is 2.36. The summed E-state index contributed by atoms with van der Waals surface area (Å²) in [6.07, 6.45) is 0. The minimum absolute atomic E-state index is 0.0576. The van der Waals surface area contributed by atoms with Crippen molar-refractivity contribution >= 4 is 27.4 Å². The van der Waals surface area contributed by atoms with Crippen LogP contribution in [0.2, 0.25) is 0 Å². The van der Waals surface area contributed by atoms with E-state index in [9.17, 15) is 14.9 Å². The third kappa shape index (κ3) is 2.67. The number of ether oxygens (including phenoxy) is 2. The molecule has 0 atom stereocenters. The molecule has 0 saturated carbocycles. The lowest BCUT2D eigenvalue weighted by molar-refractivity contribution is -0.384. The van der Waals surface area contributed by atoms with E-state index in [2.05, 4.69) is 15.9 Å². The maximum Gasteiger partial charge on any atom is 0.269 e. The fourth-order valence-electron chi connectivity index (χ4n) is 2.13. The minimum Gasteiger partial charge on any atom is -0.486 e. The molecule has 0 aliphatic carbocycles. The Morgan fingerprint density at radius 1 is 1.09 bits per heavy atom. The van der Waals surface area contributed by atoms with E-state index < -0.39 is 4.92 Å². The zero-order valence-corrected chi connectivity index (χ0v) is 12.8. The number of nitrogens with zero attached hydrogens (tertiary/aromatic N) is 1. The van der Waals surface area contributed by atoms with Gasteiger partial charge in [-0.1, -0.05) is 0 Å². The van der Waals surface area contributed by atoms with E-state index in [-0.39, 0.29) is 11.5 Å². The first-order valence-corrected chi connectivity index (χ1v) is 7.24. The Labute approximate surface area is 133 Å². The van der Waals surface area contributed by atoms with E-state index in [0.717, 1.165) is 0 Å². The number of fused-ring (bicyclic) bond motifs is 1. The molecule has 3 rings (SSSR count). The standard InChI is InChI=1S/C15H10BrNO5/c16-12-8-14-13(21-5-6-22-14)7-11(12)15(18)9-1-3-10(4-2-9)17(19)20/h1-4,7-8H,5-6H2. The van der Waals surface area contributed by atoms with Crippen LogP contribution in [0.3, 0.4) is 0 Å². The average molecular weight is 364 g/mol. The second-order valence-corrected chi connectivity index (χ2v) is 5.46. The largest absolute Gasteiger partial charge is 0.486 e. The van der Waals surface area contributed by atoms with Crippen molar-refractivity contribution in [3.8, 4) is 11.5 Å². The van der Waals surface area contributed by atoms with Crippen molar-refractivity contribution in [1.29, 1.82) is 0 Å². The van der Waals surface area contributed by atoms with Crippen LogP contribution < -0.4 is 9.47 Å². The van der Waals surface area contributed by atoms with E-state index in [1.165, 1.54) is 24.3 Å². The Balaban J connectivity index is 1.96. The molecule has 0 aromatic heterocycles. The summed E-state index contributed by atoms with van der Waals surface area (Å²) in [4.78, 5) is 22.7. The summed E-state index contributed by atoms with van der Waals surface area (Å²) in [6.45, 7) is 0.898. The van der Waals surface area contributed by atoms with Gasteiger partial charge < -0.3 is 9.47 Å².